The lowest BCUT2D eigenvalue weighted by molar-refractivity contribution is -0.154. The fraction of sp³-hybridized carbons (Fsp3) is 0.172. The van der Waals surface area contributed by atoms with Gasteiger partial charge in [-0.25, -0.2) is 4.79 Å². The molecule has 2 N–H and O–H groups in total. The number of hydrogen-bond donors (Lipinski definition) is 2. The van der Waals surface area contributed by atoms with Crippen LogP contribution in [0.5, 0.6) is 0 Å². The van der Waals surface area contributed by atoms with Crippen LogP contribution in [0.1, 0.15) is 22.8 Å². The Kier molecular flexibility index (Phi) is 8.88. The number of thioether (sulfide) groups is 1. The molecule has 0 saturated carbocycles. The van der Waals surface area contributed by atoms with Crippen LogP contribution in [-0.2, 0) is 33.4 Å². The molecule has 0 bridgehead atoms. The molecule has 234 valence electrons. The van der Waals surface area contributed by atoms with Crippen molar-refractivity contribution < 1.29 is 50.1 Å². The Bertz CT molecular complexity index is 1730. The molecule has 3 aromatic rings. The Labute approximate surface area is 258 Å². The van der Waals surface area contributed by atoms with Crippen molar-refractivity contribution in [2.45, 2.75) is 23.0 Å². The fourth-order valence-corrected chi connectivity index (χ4v) is 6.44. The van der Waals surface area contributed by atoms with Crippen LogP contribution < -0.4 is 5.32 Å². The number of amides is 2. The van der Waals surface area contributed by atoms with E-state index in [0.29, 0.717) is 16.0 Å². The average Bonchev–Trinajstić information content (AvgIpc) is 3.03. The van der Waals surface area contributed by atoms with Crippen molar-refractivity contribution in [2.24, 2.45) is 5.16 Å². The third-order valence-corrected chi connectivity index (χ3v) is 8.94. The molecular formula is C29H22F3N3O8S2. The summed E-state index contributed by atoms with van der Waals surface area (Å²) >= 11 is 0.740. The summed E-state index contributed by atoms with van der Waals surface area (Å²) in [5.41, 5.74) is -5.95. The summed E-state index contributed by atoms with van der Waals surface area (Å²) in [4.78, 5) is 40.7. The maximum atomic E-state index is 13.7. The first-order chi connectivity index (χ1) is 21.4. The topological polar surface area (TPSA) is 152 Å². The molecule has 11 nitrogen and oxygen atoms in total. The van der Waals surface area contributed by atoms with E-state index in [1.807, 2.05) is 0 Å². The minimum absolute atomic E-state index is 0.225. The number of halogens is 3. The lowest BCUT2D eigenvalue weighted by Gasteiger charge is -2.49. The van der Waals surface area contributed by atoms with Crippen LogP contribution in [0.4, 0.5) is 13.2 Å². The van der Waals surface area contributed by atoms with Crippen LogP contribution in [0.2, 0.25) is 0 Å². The normalized spacial score (nSPS) is 18.6. The van der Waals surface area contributed by atoms with E-state index in [9.17, 15) is 41.2 Å². The Morgan fingerprint density at radius 1 is 0.956 bits per heavy atom. The zero-order valence-electron chi connectivity index (χ0n) is 22.7. The smallest absolute Gasteiger partial charge is 0.448 e. The van der Waals surface area contributed by atoms with Gasteiger partial charge in [0, 0.05) is 5.56 Å². The zero-order valence-corrected chi connectivity index (χ0v) is 24.4. The number of nitrogens with zero attached hydrogens (tertiary/aromatic N) is 2. The van der Waals surface area contributed by atoms with Crippen LogP contribution in [0.15, 0.2) is 108 Å². The first-order valence-corrected chi connectivity index (χ1v) is 15.5. The summed E-state index contributed by atoms with van der Waals surface area (Å²) < 4.78 is 73.8. The van der Waals surface area contributed by atoms with E-state index in [0.717, 1.165) is 11.8 Å². The van der Waals surface area contributed by atoms with E-state index in [4.69, 9.17) is 4.74 Å². The van der Waals surface area contributed by atoms with E-state index in [1.165, 1.54) is 12.1 Å². The molecule has 3 aromatic carbocycles. The highest BCUT2D eigenvalue weighted by Crippen LogP contribution is 2.43. The number of β-lactam (4-membered cyclic amide) rings is 1. The quantitative estimate of drug-likeness (QED) is 0.0666. The summed E-state index contributed by atoms with van der Waals surface area (Å²) in [5, 5.41) is 13.8. The largest absolute Gasteiger partial charge is 0.534 e. The van der Waals surface area contributed by atoms with Crippen molar-refractivity contribution in [2.75, 3.05) is 5.75 Å². The van der Waals surface area contributed by atoms with Gasteiger partial charge in [-0.05, 0) is 11.1 Å². The van der Waals surface area contributed by atoms with Gasteiger partial charge in [0.25, 0.3) is 11.8 Å². The number of esters is 1. The molecule has 5 rings (SSSR count). The SMILES string of the molecule is O=C(OC(c1ccccc1)c1ccccc1)C1=C(OS(=O)(=O)C(F)(F)F)CS[C@@H]2C(NC(=O)/C(=N\O)c3ccccc3)C(=O)N12. The Morgan fingerprint density at radius 3 is 2.00 bits per heavy atom. The van der Waals surface area contributed by atoms with Crippen LogP contribution in [0.3, 0.4) is 0 Å². The van der Waals surface area contributed by atoms with Crippen molar-refractivity contribution in [3.63, 3.8) is 0 Å². The number of hydrogen-bond acceptors (Lipinski definition) is 10. The third-order valence-electron chi connectivity index (χ3n) is 6.70. The van der Waals surface area contributed by atoms with Gasteiger partial charge < -0.3 is 19.4 Å². The number of oxime groups is 1. The zero-order chi connectivity index (χ0) is 32.4. The number of alkyl halides is 3. The first kappa shape index (κ1) is 31.6. The van der Waals surface area contributed by atoms with Crippen molar-refractivity contribution in [3.05, 3.63) is 119 Å². The van der Waals surface area contributed by atoms with E-state index < -0.39 is 73.9 Å². The highest BCUT2D eigenvalue weighted by atomic mass is 32.2. The third kappa shape index (κ3) is 6.37. The van der Waals surface area contributed by atoms with Crippen molar-refractivity contribution in [1.29, 1.82) is 0 Å². The van der Waals surface area contributed by atoms with Gasteiger partial charge in [0.15, 0.2) is 23.3 Å². The Morgan fingerprint density at radius 2 is 1.49 bits per heavy atom. The molecule has 2 aliphatic heterocycles. The summed E-state index contributed by atoms with van der Waals surface area (Å²) in [6.45, 7) is 0. The molecule has 1 saturated heterocycles. The molecule has 0 radical (unpaired) electrons. The van der Waals surface area contributed by atoms with Crippen molar-refractivity contribution in [3.8, 4) is 0 Å². The number of carbonyl (C=O) groups is 3. The number of carbonyl (C=O) groups excluding carboxylic acids is 3. The van der Waals surface area contributed by atoms with Gasteiger partial charge in [-0.3, -0.25) is 14.5 Å². The van der Waals surface area contributed by atoms with Gasteiger partial charge >= 0.3 is 21.6 Å². The van der Waals surface area contributed by atoms with Crippen molar-refractivity contribution >= 4 is 45.4 Å². The molecule has 2 heterocycles. The summed E-state index contributed by atoms with van der Waals surface area (Å²) in [7, 11) is -6.24. The maximum Gasteiger partial charge on any atom is 0.534 e. The molecule has 2 amide bonds. The van der Waals surface area contributed by atoms with E-state index in [2.05, 4.69) is 14.7 Å². The van der Waals surface area contributed by atoms with Gasteiger partial charge in [-0.2, -0.15) is 21.6 Å². The lowest BCUT2D eigenvalue weighted by Crippen LogP contribution is -2.71. The van der Waals surface area contributed by atoms with Crippen LogP contribution in [-0.4, -0.2) is 64.7 Å². The highest BCUT2D eigenvalue weighted by molar-refractivity contribution is 8.00. The molecule has 2 aliphatic rings. The van der Waals surface area contributed by atoms with Gasteiger partial charge in [0.2, 0.25) is 0 Å². The molecule has 16 heteroatoms. The Hall–Kier alpha value is -4.83. The molecule has 1 fully saturated rings. The molecular weight excluding hydrogens is 639 g/mol. The minimum Gasteiger partial charge on any atom is -0.448 e. The number of benzene rings is 3. The van der Waals surface area contributed by atoms with Gasteiger partial charge in [0.05, 0.1) is 5.75 Å². The number of ether oxygens (including phenoxy) is 1. The van der Waals surface area contributed by atoms with Gasteiger partial charge in [-0.1, -0.05) is 96.2 Å². The Balaban J connectivity index is 1.48. The second-order valence-electron chi connectivity index (χ2n) is 9.54. The maximum absolute atomic E-state index is 13.7. The predicted molar refractivity (Wildman–Crippen MR) is 154 cm³/mol. The van der Waals surface area contributed by atoms with Gasteiger partial charge in [0.1, 0.15) is 11.4 Å². The molecule has 1 unspecified atom stereocenters. The van der Waals surface area contributed by atoms with Crippen LogP contribution >= 0.6 is 11.8 Å². The van der Waals surface area contributed by atoms with Crippen molar-refractivity contribution in [1.82, 2.24) is 10.2 Å². The summed E-state index contributed by atoms with van der Waals surface area (Å²) in [6.07, 6.45) is -1.11. The van der Waals surface area contributed by atoms with E-state index >= 15 is 0 Å². The number of rotatable bonds is 9. The van der Waals surface area contributed by atoms with Crippen LogP contribution in [0.25, 0.3) is 0 Å². The molecule has 2 atom stereocenters. The second-order valence-corrected chi connectivity index (χ2v) is 12.2. The van der Waals surface area contributed by atoms with E-state index in [1.54, 1.807) is 78.9 Å². The van der Waals surface area contributed by atoms with Crippen LogP contribution in [0, 0.1) is 0 Å². The highest BCUT2D eigenvalue weighted by Gasteiger charge is 2.57. The average molecular weight is 662 g/mol. The second kappa shape index (κ2) is 12.6. The standard InChI is InChI=1S/C29H22F3N3O8S2/c30-29(31,32)45(40,41)43-20-16-44-27-22(33-25(36)21(34-39)17-10-4-1-5-11-17)26(37)35(27)23(20)28(38)42-24(18-12-6-2-7-13-18)19-14-8-3-9-15-19/h1-15,22,24,27,39H,16H2,(H,33,36)/b34-21-/t22?,27-/m1/s1. The lowest BCUT2D eigenvalue weighted by atomic mass is 10.0. The molecule has 45 heavy (non-hydrogen) atoms. The number of fused-ring (bicyclic) bond motifs is 1. The van der Waals surface area contributed by atoms with Gasteiger partial charge in [-0.15, -0.1) is 11.8 Å². The molecule has 0 spiro atoms. The predicted octanol–water partition coefficient (Wildman–Crippen LogP) is 3.68. The fourth-order valence-electron chi connectivity index (χ4n) is 4.61. The minimum atomic E-state index is -6.24. The number of nitrogens with one attached hydrogen (secondary N) is 1. The van der Waals surface area contributed by atoms with E-state index in [-0.39, 0.29) is 5.56 Å². The summed E-state index contributed by atoms with van der Waals surface area (Å²) in [6, 6.07) is 23.1. The molecule has 0 aromatic heterocycles. The summed E-state index contributed by atoms with van der Waals surface area (Å²) in [5.74, 6) is -4.85. The molecule has 0 aliphatic carbocycles. The monoisotopic (exact) mass is 661 g/mol. The first-order valence-electron chi connectivity index (χ1n) is 13.0.